The van der Waals surface area contributed by atoms with Gasteiger partial charge in [-0.05, 0) is 17.7 Å². The highest BCUT2D eigenvalue weighted by molar-refractivity contribution is 9.10. The van der Waals surface area contributed by atoms with Crippen molar-refractivity contribution < 1.29 is 32.9 Å². The van der Waals surface area contributed by atoms with Gasteiger partial charge in [0.15, 0.2) is 0 Å². The van der Waals surface area contributed by atoms with Crippen LogP contribution in [0.5, 0.6) is 0 Å². The Hall–Kier alpha value is -1.12. The Bertz CT molecular complexity index is 490. The summed E-state index contributed by atoms with van der Waals surface area (Å²) in [7, 11) is 1.07. The van der Waals surface area contributed by atoms with E-state index in [1.807, 2.05) is 0 Å². The zero-order chi connectivity index (χ0) is 15.5. The van der Waals surface area contributed by atoms with E-state index >= 15 is 0 Å². The average Bonchev–Trinajstić information content (AvgIpc) is 2.36. The maximum absolute atomic E-state index is 12.9. The van der Waals surface area contributed by atoms with Crippen LogP contribution in [0.25, 0.3) is 0 Å². The molecule has 2 N–H and O–H groups in total. The van der Waals surface area contributed by atoms with E-state index in [-0.39, 0.29) is 4.47 Å². The van der Waals surface area contributed by atoms with E-state index in [4.69, 9.17) is 0 Å². The van der Waals surface area contributed by atoms with Crippen LogP contribution in [0.15, 0.2) is 22.7 Å². The standard InChI is InChI=1S/C12H12BrF3O4/c1-20-10(18)5-9(17)11(19)7-3-2-6(13)4-8(7)12(14,15)16/h2-4,9,11,17,19H,5H2,1H3. The molecule has 0 aliphatic carbocycles. The number of carbonyl (C=O) groups is 1. The fraction of sp³-hybridized carbons (Fsp3) is 0.417. The predicted octanol–water partition coefficient (Wildman–Crippen LogP) is 2.43. The van der Waals surface area contributed by atoms with Crippen molar-refractivity contribution in [1.82, 2.24) is 0 Å². The summed E-state index contributed by atoms with van der Waals surface area (Å²) in [6.07, 6.45) is -8.83. The number of alkyl halides is 3. The molecule has 20 heavy (non-hydrogen) atoms. The molecule has 0 aliphatic heterocycles. The van der Waals surface area contributed by atoms with Gasteiger partial charge in [0, 0.05) is 4.47 Å². The van der Waals surface area contributed by atoms with Crippen LogP contribution in [0.4, 0.5) is 13.2 Å². The molecule has 0 heterocycles. The van der Waals surface area contributed by atoms with E-state index in [1.165, 1.54) is 6.07 Å². The molecular formula is C12H12BrF3O4. The van der Waals surface area contributed by atoms with Crippen molar-refractivity contribution in [1.29, 1.82) is 0 Å². The third-order valence-electron chi connectivity index (χ3n) is 2.61. The van der Waals surface area contributed by atoms with Crippen LogP contribution in [0, 0.1) is 0 Å². The van der Waals surface area contributed by atoms with Crippen molar-refractivity contribution in [3.8, 4) is 0 Å². The summed E-state index contributed by atoms with van der Waals surface area (Å²) in [5, 5.41) is 19.4. The molecule has 2 unspecified atom stereocenters. The normalized spacial score (nSPS) is 14.8. The second kappa shape index (κ2) is 6.55. The molecule has 0 saturated carbocycles. The summed E-state index contributed by atoms with van der Waals surface area (Å²) in [5.74, 6) is -0.831. The lowest BCUT2D eigenvalue weighted by atomic mass is 9.97. The highest BCUT2D eigenvalue weighted by Crippen LogP contribution is 2.37. The summed E-state index contributed by atoms with van der Waals surface area (Å²) >= 11 is 2.91. The van der Waals surface area contributed by atoms with Crippen molar-refractivity contribution in [2.45, 2.75) is 24.8 Å². The first-order valence-electron chi connectivity index (χ1n) is 5.46. The summed E-state index contributed by atoms with van der Waals surface area (Å²) in [6.45, 7) is 0. The molecule has 112 valence electrons. The molecule has 0 amide bonds. The Balaban J connectivity index is 3.09. The van der Waals surface area contributed by atoms with Gasteiger partial charge in [0.05, 0.1) is 25.2 Å². The molecule has 0 radical (unpaired) electrons. The summed E-state index contributed by atoms with van der Waals surface area (Å²) < 4.78 is 43.1. The lowest BCUT2D eigenvalue weighted by Gasteiger charge is -2.21. The smallest absolute Gasteiger partial charge is 0.416 e. The van der Waals surface area contributed by atoms with E-state index in [9.17, 15) is 28.2 Å². The van der Waals surface area contributed by atoms with Crippen LogP contribution < -0.4 is 0 Å². The first-order chi connectivity index (χ1) is 9.16. The Kier molecular flexibility index (Phi) is 5.55. The van der Waals surface area contributed by atoms with Crippen molar-refractivity contribution in [2.24, 2.45) is 0 Å². The van der Waals surface area contributed by atoms with Gasteiger partial charge in [-0.3, -0.25) is 4.79 Å². The molecular weight excluding hydrogens is 345 g/mol. The molecule has 2 atom stereocenters. The number of aliphatic hydroxyl groups is 2. The van der Waals surface area contributed by atoms with Gasteiger partial charge < -0.3 is 14.9 Å². The van der Waals surface area contributed by atoms with Gasteiger partial charge in [-0.25, -0.2) is 0 Å². The van der Waals surface area contributed by atoms with Crippen LogP contribution in [-0.2, 0) is 15.7 Å². The SMILES string of the molecule is COC(=O)CC(O)C(O)c1ccc(Br)cc1C(F)(F)F. The number of ether oxygens (including phenoxy) is 1. The molecule has 0 aromatic heterocycles. The minimum absolute atomic E-state index is 0.184. The third kappa shape index (κ3) is 4.19. The lowest BCUT2D eigenvalue weighted by Crippen LogP contribution is -2.25. The van der Waals surface area contributed by atoms with E-state index in [1.54, 1.807) is 0 Å². The van der Waals surface area contributed by atoms with Crippen LogP contribution in [0.2, 0.25) is 0 Å². The van der Waals surface area contributed by atoms with Crippen LogP contribution in [0.3, 0.4) is 0 Å². The molecule has 0 saturated heterocycles. The Morgan fingerprint density at radius 2 is 2.00 bits per heavy atom. The minimum atomic E-state index is -4.69. The largest absolute Gasteiger partial charge is 0.469 e. The number of carbonyl (C=O) groups excluding carboxylic acids is 1. The number of hydrogen-bond acceptors (Lipinski definition) is 4. The van der Waals surface area contributed by atoms with E-state index in [0.29, 0.717) is 0 Å². The molecule has 0 bridgehead atoms. The highest BCUT2D eigenvalue weighted by Gasteiger charge is 2.37. The zero-order valence-corrected chi connectivity index (χ0v) is 11.9. The third-order valence-corrected chi connectivity index (χ3v) is 3.10. The van der Waals surface area contributed by atoms with Gasteiger partial charge in [-0.15, -0.1) is 0 Å². The molecule has 1 aromatic carbocycles. The first-order valence-corrected chi connectivity index (χ1v) is 6.25. The maximum atomic E-state index is 12.9. The first kappa shape index (κ1) is 16.9. The van der Waals surface area contributed by atoms with Gasteiger partial charge in [0.2, 0.25) is 0 Å². The molecule has 4 nitrogen and oxygen atoms in total. The summed E-state index contributed by atoms with van der Waals surface area (Å²) in [6, 6.07) is 3.14. The Labute approximate surface area is 121 Å². The van der Waals surface area contributed by atoms with Crippen LogP contribution in [-0.4, -0.2) is 29.4 Å². The molecule has 8 heteroatoms. The van der Waals surface area contributed by atoms with Crippen LogP contribution >= 0.6 is 15.9 Å². The molecule has 0 spiro atoms. The van der Waals surface area contributed by atoms with E-state index in [2.05, 4.69) is 20.7 Å². The van der Waals surface area contributed by atoms with Crippen molar-refractivity contribution in [2.75, 3.05) is 7.11 Å². The summed E-state index contributed by atoms with van der Waals surface area (Å²) in [4.78, 5) is 11.0. The Morgan fingerprint density at radius 1 is 1.40 bits per heavy atom. The van der Waals surface area contributed by atoms with Crippen molar-refractivity contribution in [3.63, 3.8) is 0 Å². The van der Waals surface area contributed by atoms with Crippen molar-refractivity contribution >= 4 is 21.9 Å². The number of halogens is 4. The fourth-order valence-corrected chi connectivity index (χ4v) is 1.97. The van der Waals surface area contributed by atoms with Gasteiger partial charge in [0.1, 0.15) is 6.10 Å². The topological polar surface area (TPSA) is 66.8 Å². The maximum Gasteiger partial charge on any atom is 0.416 e. The van der Waals surface area contributed by atoms with Gasteiger partial charge in [-0.2, -0.15) is 13.2 Å². The zero-order valence-electron chi connectivity index (χ0n) is 10.3. The number of esters is 1. The van der Waals surface area contributed by atoms with Crippen LogP contribution in [0.1, 0.15) is 23.7 Å². The van der Waals surface area contributed by atoms with Gasteiger partial charge in [-0.1, -0.05) is 22.0 Å². The number of aliphatic hydroxyl groups excluding tert-OH is 2. The number of hydrogen-bond donors (Lipinski definition) is 2. The van der Waals surface area contributed by atoms with Crippen molar-refractivity contribution in [3.05, 3.63) is 33.8 Å². The predicted molar refractivity (Wildman–Crippen MR) is 66.7 cm³/mol. The molecule has 1 rings (SSSR count). The van der Waals surface area contributed by atoms with E-state index < -0.39 is 41.9 Å². The quantitative estimate of drug-likeness (QED) is 0.813. The van der Waals surface area contributed by atoms with Gasteiger partial charge in [0.25, 0.3) is 0 Å². The second-order valence-electron chi connectivity index (χ2n) is 4.02. The average molecular weight is 357 g/mol. The number of methoxy groups -OCH3 is 1. The molecule has 0 fully saturated rings. The fourth-order valence-electron chi connectivity index (χ4n) is 1.60. The molecule has 0 aliphatic rings. The lowest BCUT2D eigenvalue weighted by molar-refractivity contribution is -0.145. The highest BCUT2D eigenvalue weighted by atomic mass is 79.9. The number of benzene rings is 1. The molecule has 1 aromatic rings. The Morgan fingerprint density at radius 3 is 2.50 bits per heavy atom. The number of rotatable bonds is 4. The summed E-state index contributed by atoms with van der Waals surface area (Å²) in [5.41, 5.74) is -1.58. The minimum Gasteiger partial charge on any atom is -0.469 e. The van der Waals surface area contributed by atoms with Gasteiger partial charge >= 0.3 is 12.1 Å². The second-order valence-corrected chi connectivity index (χ2v) is 4.94. The van der Waals surface area contributed by atoms with E-state index in [0.717, 1.165) is 19.2 Å². The monoisotopic (exact) mass is 356 g/mol.